The molecule has 6 aliphatic rings. The number of amides is 3. The third-order valence-electron chi connectivity index (χ3n) is 18.8. The first-order valence-electron chi connectivity index (χ1n) is 34.0. The van der Waals surface area contributed by atoms with Crippen LogP contribution in [0.3, 0.4) is 0 Å². The van der Waals surface area contributed by atoms with Crippen LogP contribution in [-0.4, -0.2) is 116 Å². The predicted molar refractivity (Wildman–Crippen MR) is 391 cm³/mol. The summed E-state index contributed by atoms with van der Waals surface area (Å²) < 4.78 is 29.6. The Morgan fingerprint density at radius 1 is 0.369 bits per heavy atom. The molecule has 6 aliphatic heterocycles. The van der Waals surface area contributed by atoms with Gasteiger partial charge in [0, 0.05) is 73.1 Å². The van der Waals surface area contributed by atoms with E-state index in [1.165, 1.54) is 18.2 Å². The second kappa shape index (κ2) is 29.6. The molecule has 10 aromatic rings. The lowest BCUT2D eigenvalue weighted by molar-refractivity contribution is 0.0687. The Hall–Kier alpha value is -12.8. The number of rotatable bonds is 6. The molecule has 0 radical (unpaired) electrons. The van der Waals surface area contributed by atoms with Gasteiger partial charge in [0.15, 0.2) is 34.3 Å². The molecule has 3 aromatic heterocycles. The van der Waals surface area contributed by atoms with Gasteiger partial charge in [-0.2, -0.15) is 0 Å². The second-order valence-corrected chi connectivity index (χ2v) is 25.8. The molecule has 21 heteroatoms. The number of hydrogen-bond donors (Lipinski definition) is 2. The zero-order chi connectivity index (χ0) is 71.3. The van der Waals surface area contributed by atoms with Crippen molar-refractivity contribution in [3.05, 3.63) is 353 Å². The van der Waals surface area contributed by atoms with Gasteiger partial charge in [0.05, 0.1) is 0 Å². The van der Waals surface area contributed by atoms with E-state index in [0.717, 1.165) is 72.9 Å². The van der Waals surface area contributed by atoms with Crippen molar-refractivity contribution in [2.75, 3.05) is 74.5 Å². The molecule has 1 unspecified atom stereocenters. The third-order valence-corrected chi connectivity index (χ3v) is 18.8. The summed E-state index contributed by atoms with van der Waals surface area (Å²) in [6.07, 6.45) is 10.7. The van der Waals surface area contributed by atoms with Gasteiger partial charge in [0.25, 0.3) is 17.7 Å². The Labute approximate surface area is 594 Å². The summed E-state index contributed by atoms with van der Waals surface area (Å²) in [6.45, 7) is 9.16. The average Bonchev–Trinajstić information content (AvgIpc) is 0.830. The summed E-state index contributed by atoms with van der Waals surface area (Å²) >= 11 is 0. The van der Waals surface area contributed by atoms with Crippen LogP contribution < -0.4 is 50.3 Å². The van der Waals surface area contributed by atoms with Crippen LogP contribution in [0.1, 0.15) is 109 Å². The first kappa shape index (κ1) is 67.4. The number of aromatic nitrogens is 3. The van der Waals surface area contributed by atoms with Gasteiger partial charge in [-0.3, -0.25) is 57.8 Å². The lowest BCUT2D eigenvalue weighted by Gasteiger charge is -2.44. The van der Waals surface area contributed by atoms with Gasteiger partial charge >= 0.3 is 0 Å². The average molecular weight is 1380 g/mol. The second-order valence-electron chi connectivity index (χ2n) is 25.8. The lowest BCUT2D eigenvalue weighted by Crippen LogP contribution is -2.56. The van der Waals surface area contributed by atoms with Crippen LogP contribution in [0.4, 0.5) is 0 Å². The molecule has 6 bridgehead atoms. The Bertz CT molecular complexity index is 4920. The number of ether oxygens (including phenoxy) is 4. The first-order valence-corrected chi connectivity index (χ1v) is 34.0. The fourth-order valence-corrected chi connectivity index (χ4v) is 13.9. The van der Waals surface area contributed by atoms with Crippen molar-refractivity contribution in [2.45, 2.75) is 45.5 Å². The minimum absolute atomic E-state index is 0.0323. The highest BCUT2D eigenvalue weighted by atomic mass is 16.5. The Morgan fingerprint density at radius 3 is 1.03 bits per heavy atom. The highest BCUT2D eigenvalue weighted by Crippen LogP contribution is 2.41. The maximum absolute atomic E-state index is 14.0. The number of aromatic hydroxyl groups is 2. The molecule has 103 heavy (non-hydrogen) atoms. The van der Waals surface area contributed by atoms with Crippen molar-refractivity contribution in [2.24, 2.45) is 0 Å². The number of para-hydroxylation sites is 3. The molecule has 9 heterocycles. The Morgan fingerprint density at radius 2 is 0.670 bits per heavy atom. The minimum Gasteiger partial charge on any atom is -0.502 e. The van der Waals surface area contributed by atoms with E-state index in [4.69, 9.17) is 18.9 Å². The molecule has 3 amide bonds. The molecule has 7 aromatic carbocycles. The van der Waals surface area contributed by atoms with Crippen LogP contribution in [0.5, 0.6) is 34.5 Å². The van der Waals surface area contributed by atoms with Crippen molar-refractivity contribution in [3.8, 4) is 34.5 Å². The van der Waals surface area contributed by atoms with Crippen LogP contribution in [0.25, 0.3) is 0 Å². The number of carbonyl (C=O) groups excluding carboxylic acids is 3. The summed E-state index contributed by atoms with van der Waals surface area (Å²) in [4.78, 5) is 83.3. The van der Waals surface area contributed by atoms with E-state index in [1.54, 1.807) is 47.3 Å². The topological polar surface area (TPSA) is 214 Å². The monoisotopic (exact) mass is 1380 g/mol. The number of nitrogens with zero attached hydrogens (tertiary/aromatic N) is 9. The molecular weight excluding hydrogens is 1300 g/mol. The molecule has 0 spiro atoms. The highest BCUT2D eigenvalue weighted by Gasteiger charge is 2.42. The van der Waals surface area contributed by atoms with E-state index in [0.29, 0.717) is 46.1 Å². The molecule has 0 fully saturated rings. The third kappa shape index (κ3) is 13.7. The van der Waals surface area contributed by atoms with Crippen molar-refractivity contribution in [1.82, 2.24) is 28.7 Å². The quantitative estimate of drug-likeness (QED) is 0.148. The smallest absolute Gasteiger partial charge is 0.278 e. The number of fused-ring (bicyclic) bond motifs is 15. The Balaban J connectivity index is 0.000000132. The van der Waals surface area contributed by atoms with E-state index >= 15 is 0 Å². The van der Waals surface area contributed by atoms with Gasteiger partial charge in [-0.1, -0.05) is 193 Å². The predicted octanol–water partition coefficient (Wildman–Crippen LogP) is 11.0. The fourth-order valence-electron chi connectivity index (χ4n) is 13.9. The van der Waals surface area contributed by atoms with Crippen LogP contribution >= 0.6 is 0 Å². The molecular formula is C82H75N9O12. The number of carbonyl (C=O) groups is 3. The van der Waals surface area contributed by atoms with E-state index in [2.05, 4.69) is 23.2 Å². The zero-order valence-corrected chi connectivity index (χ0v) is 57.0. The van der Waals surface area contributed by atoms with E-state index in [-0.39, 0.29) is 84.1 Å². The summed E-state index contributed by atoms with van der Waals surface area (Å²) in [7, 11) is 0. The van der Waals surface area contributed by atoms with Crippen LogP contribution in [0.2, 0.25) is 0 Å². The maximum Gasteiger partial charge on any atom is 0.278 e. The molecule has 21 nitrogen and oxygen atoms in total. The summed E-state index contributed by atoms with van der Waals surface area (Å²) in [5.74, 6) is 0.192. The lowest BCUT2D eigenvalue weighted by atomic mass is 9.97. The zero-order valence-electron chi connectivity index (χ0n) is 57.0. The van der Waals surface area contributed by atoms with E-state index in [9.17, 15) is 39.0 Å². The van der Waals surface area contributed by atoms with Crippen molar-refractivity contribution in [3.63, 3.8) is 0 Å². The summed E-state index contributed by atoms with van der Waals surface area (Å²) in [6, 6.07) is 66.3. The highest BCUT2D eigenvalue weighted by molar-refractivity contribution is 5.98. The van der Waals surface area contributed by atoms with Gasteiger partial charge in [0.1, 0.15) is 81.8 Å². The number of benzene rings is 7. The molecule has 520 valence electrons. The van der Waals surface area contributed by atoms with Crippen molar-refractivity contribution in [1.29, 1.82) is 0 Å². The molecule has 0 aliphatic carbocycles. The number of hydrogen-bond acceptors (Lipinski definition) is 15. The normalized spacial score (nSPS) is 19.1. The first-order chi connectivity index (χ1) is 50.2. The van der Waals surface area contributed by atoms with Gasteiger partial charge < -0.3 is 43.9 Å². The molecule has 3 atom stereocenters. The molecule has 0 saturated carbocycles. The van der Waals surface area contributed by atoms with Gasteiger partial charge in [0.2, 0.25) is 16.3 Å². The summed E-state index contributed by atoms with van der Waals surface area (Å²) in [5, 5.41) is 27.2. The summed E-state index contributed by atoms with van der Waals surface area (Å²) in [5.41, 5.74) is 8.31. The van der Waals surface area contributed by atoms with Crippen LogP contribution in [0, 0.1) is 0 Å². The van der Waals surface area contributed by atoms with E-state index < -0.39 is 22.4 Å². The largest absolute Gasteiger partial charge is 0.502 e. The fraction of sp³-hybridized carbons (Fsp3) is 0.195. The van der Waals surface area contributed by atoms with Crippen molar-refractivity contribution >= 4 is 17.7 Å². The minimum atomic E-state index is -0.581. The maximum atomic E-state index is 14.0. The Kier molecular flexibility index (Phi) is 19.4. The number of pyridine rings is 3. The van der Waals surface area contributed by atoms with E-state index in [1.807, 2.05) is 225 Å². The molecule has 16 rings (SSSR count). The molecule has 2 N–H and O–H groups in total. The van der Waals surface area contributed by atoms with Gasteiger partial charge in [-0.25, -0.2) is 0 Å². The SMILES string of the molecule is C/C1=C/COc2ccccc2C(c2ccccc2)N2CN(C1)C(=O)c1c(OCc3ccccc3)c(=O)ccn12.C/C1=C/COc2ccccc2[C@@H](c2ccccc2)N2CN(C1)C(=O)c1c(O)c(=O)ccn12.C/C1=C/COc2ccccc2[C@H](c2ccccc2)N2CN(C1)C(=O)c1c(O)c(=O)ccn12. The van der Waals surface area contributed by atoms with Gasteiger partial charge in [-0.15, -0.1) is 0 Å². The standard InChI is InChI=1S/C32H29N3O4.2C25H23N3O4/c1-23-17-19-38-28-15-9-8-14-26(28)29(25-12-6-3-7-13-25)35-22-33(20-23)32(37)30-31(27(36)16-18-34(30)35)39-21-24-10-4-2-5-11-24;2*1-17-12-14-32-21-10-6-5-9-19(21)22(18-7-3-2-4-8-18)28-16-26(15-17)25(31)23-24(30)20(29)11-13-27(23)28/h2-18,29H,19-22H2,1H3;2*2-13,22,30H,14-16H2,1H3/b23-17-;2*17-12-/t;2*22-/m.10/s1. The van der Waals surface area contributed by atoms with Crippen molar-refractivity contribution < 1.29 is 43.5 Å². The molecule has 0 saturated heterocycles. The van der Waals surface area contributed by atoms with Crippen LogP contribution in [-0.2, 0) is 6.61 Å². The van der Waals surface area contributed by atoms with Crippen LogP contribution in [0.15, 0.2) is 280 Å². The van der Waals surface area contributed by atoms with Gasteiger partial charge in [-0.05, 0) is 79.5 Å².